The topological polar surface area (TPSA) is 67.8 Å². The number of benzene rings is 1. The molecule has 0 atom stereocenters. The SMILES string of the molecule is O=C(CSc1ncnc2scc(-c3ccccc3)c12)Nc1nccs1. The van der Waals surface area contributed by atoms with Crippen LogP contribution >= 0.6 is 34.4 Å². The highest BCUT2D eigenvalue weighted by Crippen LogP contribution is 2.37. The second-order valence-electron chi connectivity index (χ2n) is 5.05. The number of rotatable bonds is 5. The normalized spacial score (nSPS) is 10.9. The first kappa shape index (κ1) is 16.2. The van der Waals surface area contributed by atoms with Crippen LogP contribution in [0.5, 0.6) is 0 Å². The summed E-state index contributed by atoms with van der Waals surface area (Å²) in [5.74, 6) is 0.179. The molecule has 4 aromatic rings. The average Bonchev–Trinajstić information content (AvgIpc) is 3.30. The summed E-state index contributed by atoms with van der Waals surface area (Å²) in [4.78, 5) is 25.9. The third-order valence-electron chi connectivity index (χ3n) is 3.44. The molecule has 0 saturated carbocycles. The summed E-state index contributed by atoms with van der Waals surface area (Å²) in [6.07, 6.45) is 3.22. The van der Waals surface area contributed by atoms with Crippen molar-refractivity contribution >= 4 is 55.7 Å². The van der Waals surface area contributed by atoms with Crippen LogP contribution in [0.25, 0.3) is 21.3 Å². The Bertz CT molecular complexity index is 999. The van der Waals surface area contributed by atoms with Gasteiger partial charge in [0, 0.05) is 22.5 Å². The molecule has 0 aliphatic rings. The van der Waals surface area contributed by atoms with Crippen LogP contribution in [-0.4, -0.2) is 26.6 Å². The quantitative estimate of drug-likeness (QED) is 0.404. The fraction of sp³-hybridized carbons (Fsp3) is 0.0588. The molecule has 1 aromatic carbocycles. The van der Waals surface area contributed by atoms with E-state index in [0.717, 1.165) is 26.4 Å². The molecule has 8 heteroatoms. The maximum atomic E-state index is 12.1. The Labute approximate surface area is 156 Å². The monoisotopic (exact) mass is 384 g/mol. The molecule has 1 N–H and O–H groups in total. The van der Waals surface area contributed by atoms with Gasteiger partial charge in [0.05, 0.1) is 11.1 Å². The molecular formula is C17H12N4OS3. The van der Waals surface area contributed by atoms with E-state index in [1.54, 1.807) is 23.9 Å². The second kappa shape index (κ2) is 7.30. The van der Waals surface area contributed by atoms with E-state index in [-0.39, 0.29) is 11.7 Å². The van der Waals surface area contributed by atoms with Crippen LogP contribution in [0.15, 0.2) is 58.6 Å². The lowest BCUT2D eigenvalue weighted by Crippen LogP contribution is -2.13. The molecule has 5 nitrogen and oxygen atoms in total. The minimum absolute atomic E-state index is 0.0943. The zero-order chi connectivity index (χ0) is 17.1. The largest absolute Gasteiger partial charge is 0.301 e. The summed E-state index contributed by atoms with van der Waals surface area (Å²) < 4.78 is 0. The van der Waals surface area contributed by atoms with Crippen molar-refractivity contribution in [2.75, 3.05) is 11.1 Å². The fourth-order valence-corrected chi connectivity index (χ4v) is 4.70. The summed E-state index contributed by atoms with van der Waals surface area (Å²) >= 11 is 4.40. The predicted octanol–water partition coefficient (Wildman–Crippen LogP) is 4.55. The second-order valence-corrected chi connectivity index (χ2v) is 7.77. The van der Waals surface area contributed by atoms with Gasteiger partial charge in [-0.25, -0.2) is 15.0 Å². The van der Waals surface area contributed by atoms with Crippen LogP contribution in [0.2, 0.25) is 0 Å². The number of nitrogens with zero attached hydrogens (tertiary/aromatic N) is 3. The number of nitrogens with one attached hydrogen (secondary N) is 1. The smallest absolute Gasteiger partial charge is 0.236 e. The van der Waals surface area contributed by atoms with E-state index in [9.17, 15) is 4.79 Å². The third-order valence-corrected chi connectivity index (χ3v) is 6.00. The summed E-state index contributed by atoms with van der Waals surface area (Å²) in [7, 11) is 0. The summed E-state index contributed by atoms with van der Waals surface area (Å²) in [5, 5.41) is 9.14. The van der Waals surface area contributed by atoms with Crippen molar-refractivity contribution in [3.63, 3.8) is 0 Å². The van der Waals surface area contributed by atoms with Crippen LogP contribution in [0.3, 0.4) is 0 Å². The van der Waals surface area contributed by atoms with Gasteiger partial charge in [-0.15, -0.1) is 22.7 Å². The van der Waals surface area contributed by atoms with Crippen LogP contribution in [0, 0.1) is 0 Å². The molecule has 25 heavy (non-hydrogen) atoms. The Morgan fingerprint density at radius 2 is 2.00 bits per heavy atom. The number of hydrogen-bond donors (Lipinski definition) is 1. The fourth-order valence-electron chi connectivity index (χ4n) is 2.36. The molecule has 3 aromatic heterocycles. The Morgan fingerprint density at radius 3 is 2.80 bits per heavy atom. The van der Waals surface area contributed by atoms with Gasteiger partial charge in [-0.05, 0) is 5.56 Å². The standard InChI is InChI=1S/C17H12N4OS3/c22-13(21-17-18-6-7-23-17)9-25-16-14-12(11-4-2-1-3-5-11)8-24-15(14)19-10-20-16/h1-8,10H,9H2,(H,18,21,22). The number of carbonyl (C=O) groups excluding carboxylic acids is 1. The van der Waals surface area contributed by atoms with Gasteiger partial charge in [0.15, 0.2) is 5.13 Å². The summed E-state index contributed by atoms with van der Waals surface area (Å²) in [5.41, 5.74) is 2.22. The number of anilines is 1. The first-order valence-electron chi connectivity index (χ1n) is 7.41. The zero-order valence-electron chi connectivity index (χ0n) is 12.9. The Hall–Kier alpha value is -2.29. The first-order valence-corrected chi connectivity index (χ1v) is 10.2. The Kier molecular flexibility index (Phi) is 4.73. The van der Waals surface area contributed by atoms with Gasteiger partial charge < -0.3 is 5.32 Å². The lowest BCUT2D eigenvalue weighted by molar-refractivity contribution is -0.113. The van der Waals surface area contributed by atoms with Crippen LogP contribution in [-0.2, 0) is 4.79 Å². The van der Waals surface area contributed by atoms with E-state index in [2.05, 4.69) is 37.8 Å². The molecule has 4 rings (SSSR count). The number of thiophene rings is 1. The number of fused-ring (bicyclic) bond motifs is 1. The van der Waals surface area contributed by atoms with E-state index in [0.29, 0.717) is 5.13 Å². The zero-order valence-corrected chi connectivity index (χ0v) is 15.3. The van der Waals surface area contributed by atoms with Crippen molar-refractivity contribution in [2.24, 2.45) is 0 Å². The summed E-state index contributed by atoms with van der Waals surface area (Å²) in [6, 6.07) is 10.2. The lowest BCUT2D eigenvalue weighted by atomic mass is 10.1. The average molecular weight is 385 g/mol. The van der Waals surface area contributed by atoms with Crippen LogP contribution in [0.1, 0.15) is 0 Å². The highest BCUT2D eigenvalue weighted by atomic mass is 32.2. The molecule has 0 fully saturated rings. The molecule has 0 saturated heterocycles. The highest BCUT2D eigenvalue weighted by molar-refractivity contribution is 8.00. The molecule has 3 heterocycles. The van der Waals surface area contributed by atoms with E-state index in [4.69, 9.17) is 0 Å². The molecule has 124 valence electrons. The van der Waals surface area contributed by atoms with E-state index < -0.39 is 0 Å². The van der Waals surface area contributed by atoms with E-state index in [1.807, 2.05) is 23.6 Å². The van der Waals surface area contributed by atoms with Gasteiger partial charge in [-0.1, -0.05) is 42.1 Å². The van der Waals surface area contributed by atoms with Gasteiger partial charge in [0.25, 0.3) is 0 Å². The van der Waals surface area contributed by atoms with Gasteiger partial charge >= 0.3 is 0 Å². The number of thioether (sulfide) groups is 1. The third kappa shape index (κ3) is 3.55. The van der Waals surface area contributed by atoms with Crippen LogP contribution in [0.4, 0.5) is 5.13 Å². The molecule has 0 radical (unpaired) electrons. The molecule has 0 aliphatic heterocycles. The van der Waals surface area contributed by atoms with Crippen molar-refractivity contribution in [2.45, 2.75) is 5.03 Å². The first-order chi connectivity index (χ1) is 12.3. The van der Waals surface area contributed by atoms with Gasteiger partial charge in [-0.3, -0.25) is 4.79 Å². The predicted molar refractivity (Wildman–Crippen MR) is 104 cm³/mol. The van der Waals surface area contributed by atoms with Crippen molar-refractivity contribution in [3.8, 4) is 11.1 Å². The van der Waals surface area contributed by atoms with E-state index >= 15 is 0 Å². The minimum atomic E-state index is -0.0943. The number of carbonyl (C=O) groups is 1. The summed E-state index contributed by atoms with van der Waals surface area (Å²) in [6.45, 7) is 0. The molecule has 0 bridgehead atoms. The highest BCUT2D eigenvalue weighted by Gasteiger charge is 2.14. The van der Waals surface area contributed by atoms with Gasteiger partial charge in [0.1, 0.15) is 16.2 Å². The molecule has 0 spiro atoms. The Morgan fingerprint density at radius 1 is 1.12 bits per heavy atom. The number of thiazole rings is 1. The maximum absolute atomic E-state index is 12.1. The van der Waals surface area contributed by atoms with Gasteiger partial charge in [-0.2, -0.15) is 0 Å². The molecule has 0 aliphatic carbocycles. The molecule has 0 unspecified atom stereocenters. The number of amides is 1. The maximum Gasteiger partial charge on any atom is 0.236 e. The van der Waals surface area contributed by atoms with Crippen molar-refractivity contribution in [1.82, 2.24) is 15.0 Å². The van der Waals surface area contributed by atoms with Crippen molar-refractivity contribution < 1.29 is 4.79 Å². The minimum Gasteiger partial charge on any atom is -0.301 e. The van der Waals surface area contributed by atoms with Crippen molar-refractivity contribution in [3.05, 3.63) is 53.6 Å². The van der Waals surface area contributed by atoms with Gasteiger partial charge in [0.2, 0.25) is 5.91 Å². The van der Waals surface area contributed by atoms with E-state index in [1.165, 1.54) is 23.1 Å². The van der Waals surface area contributed by atoms with Crippen LogP contribution < -0.4 is 5.32 Å². The number of aromatic nitrogens is 3. The Balaban J connectivity index is 1.59. The lowest BCUT2D eigenvalue weighted by Gasteiger charge is -2.05. The molecule has 1 amide bonds. The van der Waals surface area contributed by atoms with Crippen molar-refractivity contribution in [1.29, 1.82) is 0 Å². The molecular weight excluding hydrogens is 372 g/mol. The number of hydrogen-bond acceptors (Lipinski definition) is 7.